The molecule has 1 fully saturated rings. The molecule has 1 atom stereocenters. The van der Waals surface area contributed by atoms with E-state index in [-0.39, 0.29) is 35.5 Å². The molecule has 7 nitrogen and oxygen atoms in total. The van der Waals surface area contributed by atoms with Crippen molar-refractivity contribution in [3.8, 4) is 0 Å². The number of rotatable bonds is 12. The Bertz CT molecular complexity index is 1760. The molecule has 1 saturated carbocycles. The summed E-state index contributed by atoms with van der Waals surface area (Å²) in [5.41, 5.74) is 3.89. The highest BCUT2D eigenvalue weighted by Crippen LogP contribution is 2.26. The van der Waals surface area contributed by atoms with Gasteiger partial charge in [0, 0.05) is 19.0 Å². The normalized spacial score (nSPS) is 14.3. The molecule has 9 heteroatoms. The van der Waals surface area contributed by atoms with E-state index in [9.17, 15) is 22.4 Å². The molecule has 0 spiro atoms. The van der Waals surface area contributed by atoms with E-state index < -0.39 is 34.3 Å². The zero-order valence-corrected chi connectivity index (χ0v) is 27.8. The summed E-state index contributed by atoms with van der Waals surface area (Å²) in [4.78, 5) is 30.2. The number of amides is 2. The van der Waals surface area contributed by atoms with Crippen LogP contribution in [-0.2, 0) is 32.6 Å². The van der Waals surface area contributed by atoms with E-state index in [1.54, 1.807) is 24.3 Å². The Morgan fingerprint density at radius 1 is 0.830 bits per heavy atom. The van der Waals surface area contributed by atoms with Gasteiger partial charge in [-0.1, -0.05) is 91.6 Å². The highest BCUT2D eigenvalue weighted by atomic mass is 32.2. The molecule has 1 aliphatic rings. The lowest BCUT2D eigenvalue weighted by Crippen LogP contribution is -2.55. The van der Waals surface area contributed by atoms with Crippen LogP contribution in [0.3, 0.4) is 0 Å². The molecule has 0 saturated heterocycles. The fraction of sp³-hybridized carbons (Fsp3) is 0.316. The average molecular weight is 656 g/mol. The number of nitrogens with zero attached hydrogens (tertiary/aromatic N) is 2. The Hall–Kier alpha value is -4.50. The van der Waals surface area contributed by atoms with Crippen molar-refractivity contribution in [2.24, 2.45) is 0 Å². The Morgan fingerprint density at radius 3 is 2.13 bits per heavy atom. The number of sulfonamides is 1. The predicted octanol–water partition coefficient (Wildman–Crippen LogP) is 6.73. The molecular weight excluding hydrogens is 614 g/mol. The number of anilines is 1. The Morgan fingerprint density at radius 2 is 1.47 bits per heavy atom. The Labute approximate surface area is 277 Å². The van der Waals surface area contributed by atoms with Gasteiger partial charge in [0.1, 0.15) is 18.4 Å². The zero-order valence-electron chi connectivity index (χ0n) is 26.9. The van der Waals surface area contributed by atoms with Gasteiger partial charge in [-0.3, -0.25) is 13.9 Å². The molecule has 1 N–H and O–H groups in total. The molecule has 0 aliphatic heterocycles. The first-order valence-corrected chi connectivity index (χ1v) is 17.6. The largest absolute Gasteiger partial charge is 0.352 e. The van der Waals surface area contributed by atoms with E-state index in [0.717, 1.165) is 70.8 Å². The lowest BCUT2D eigenvalue weighted by Gasteiger charge is -2.35. The molecule has 1 aliphatic carbocycles. The topological polar surface area (TPSA) is 86.8 Å². The summed E-state index contributed by atoms with van der Waals surface area (Å²) in [6, 6.07) is 27.7. The van der Waals surface area contributed by atoms with Crippen LogP contribution in [0.1, 0.15) is 54.4 Å². The van der Waals surface area contributed by atoms with Crippen LogP contribution < -0.4 is 9.62 Å². The molecular formula is C38H42FN3O4S. The molecule has 0 aromatic heterocycles. The Kier molecular flexibility index (Phi) is 11.1. The van der Waals surface area contributed by atoms with Crippen LogP contribution in [0.15, 0.2) is 108 Å². The Balaban J connectivity index is 1.56. The van der Waals surface area contributed by atoms with E-state index >= 15 is 0 Å². The number of benzene rings is 4. The van der Waals surface area contributed by atoms with Crippen molar-refractivity contribution < 1.29 is 22.4 Å². The first-order chi connectivity index (χ1) is 22.6. The third kappa shape index (κ3) is 8.65. The van der Waals surface area contributed by atoms with Crippen LogP contribution >= 0.6 is 0 Å². The molecule has 4 aromatic rings. The van der Waals surface area contributed by atoms with Gasteiger partial charge in [0.25, 0.3) is 10.0 Å². The summed E-state index contributed by atoms with van der Waals surface area (Å²) in [5, 5.41) is 3.23. The predicted molar refractivity (Wildman–Crippen MR) is 183 cm³/mol. The van der Waals surface area contributed by atoms with Crippen molar-refractivity contribution in [3.63, 3.8) is 0 Å². The van der Waals surface area contributed by atoms with Crippen LogP contribution in [0.2, 0.25) is 0 Å². The van der Waals surface area contributed by atoms with Gasteiger partial charge in [-0.05, 0) is 79.8 Å². The summed E-state index contributed by atoms with van der Waals surface area (Å²) in [5.74, 6) is -1.36. The summed E-state index contributed by atoms with van der Waals surface area (Å²) in [6.45, 7) is 3.39. The lowest BCUT2D eigenvalue weighted by molar-refractivity contribution is -0.140. The monoisotopic (exact) mass is 655 g/mol. The minimum atomic E-state index is -4.30. The van der Waals surface area contributed by atoms with E-state index in [1.165, 1.54) is 17.0 Å². The molecule has 4 aromatic carbocycles. The third-order valence-electron chi connectivity index (χ3n) is 8.83. The first-order valence-electron chi connectivity index (χ1n) is 16.1. The molecule has 0 radical (unpaired) electrons. The number of carbonyl (C=O) groups excluding carboxylic acids is 2. The molecule has 0 bridgehead atoms. The summed E-state index contributed by atoms with van der Waals surface area (Å²) in [7, 11) is -4.30. The fourth-order valence-corrected chi connectivity index (χ4v) is 7.46. The van der Waals surface area contributed by atoms with Crippen molar-refractivity contribution in [1.82, 2.24) is 10.2 Å². The van der Waals surface area contributed by atoms with Gasteiger partial charge in [-0.2, -0.15) is 0 Å². The summed E-state index contributed by atoms with van der Waals surface area (Å²) >= 11 is 0. The van der Waals surface area contributed by atoms with Crippen molar-refractivity contribution in [2.75, 3.05) is 10.8 Å². The molecule has 47 heavy (non-hydrogen) atoms. The summed E-state index contributed by atoms with van der Waals surface area (Å²) in [6.07, 6.45) is 5.22. The number of nitrogens with one attached hydrogen (secondary N) is 1. The first kappa shape index (κ1) is 33.9. The third-order valence-corrected chi connectivity index (χ3v) is 10.6. The highest BCUT2D eigenvalue weighted by Gasteiger charge is 2.35. The second-order valence-electron chi connectivity index (χ2n) is 12.3. The van der Waals surface area contributed by atoms with Crippen molar-refractivity contribution in [1.29, 1.82) is 0 Å². The van der Waals surface area contributed by atoms with Gasteiger partial charge in [-0.15, -0.1) is 0 Å². The smallest absolute Gasteiger partial charge is 0.264 e. The average Bonchev–Trinajstić information content (AvgIpc) is 3.07. The molecule has 0 heterocycles. The second kappa shape index (κ2) is 15.4. The van der Waals surface area contributed by atoms with Crippen molar-refractivity contribution in [2.45, 2.75) is 75.9 Å². The van der Waals surface area contributed by atoms with Crippen LogP contribution in [0.25, 0.3) is 0 Å². The van der Waals surface area contributed by atoms with E-state index in [0.29, 0.717) is 0 Å². The van der Waals surface area contributed by atoms with Gasteiger partial charge in [0.05, 0.1) is 10.6 Å². The van der Waals surface area contributed by atoms with E-state index in [1.807, 2.05) is 68.4 Å². The van der Waals surface area contributed by atoms with Crippen LogP contribution in [0.4, 0.5) is 10.1 Å². The molecule has 5 rings (SSSR count). The van der Waals surface area contributed by atoms with Crippen molar-refractivity contribution in [3.05, 3.63) is 131 Å². The van der Waals surface area contributed by atoms with Crippen LogP contribution in [-0.4, -0.2) is 43.8 Å². The molecule has 2 amide bonds. The SMILES string of the molecule is Cc1ccc(N(CC(=O)N(Cc2ccccc2C)[C@@H](Cc2ccccc2)C(=O)NC2CCCCC2)S(=O)(=O)c2ccc(F)cc2)cc1. The maximum absolute atomic E-state index is 14.6. The van der Waals surface area contributed by atoms with Crippen molar-refractivity contribution >= 4 is 27.5 Å². The van der Waals surface area contributed by atoms with E-state index in [4.69, 9.17) is 0 Å². The minimum absolute atomic E-state index is 0.0212. The number of aryl methyl sites for hydroxylation is 2. The van der Waals surface area contributed by atoms with Crippen LogP contribution in [0, 0.1) is 19.7 Å². The number of halogens is 1. The van der Waals surface area contributed by atoms with Gasteiger partial charge >= 0.3 is 0 Å². The fourth-order valence-electron chi connectivity index (χ4n) is 6.04. The quantitative estimate of drug-likeness (QED) is 0.184. The second-order valence-corrected chi connectivity index (χ2v) is 14.2. The summed E-state index contributed by atoms with van der Waals surface area (Å²) < 4.78 is 43.1. The van der Waals surface area contributed by atoms with Crippen LogP contribution in [0.5, 0.6) is 0 Å². The standard InChI is InChI=1S/C38H42FN3O4S/c1-28-17-21-34(22-18-28)42(47(45,46)35-23-19-32(39)20-24-35)27-37(43)41(26-31-14-10-9-11-29(31)2)36(25-30-12-5-3-6-13-30)38(44)40-33-15-7-4-8-16-33/h3,5-6,9-14,17-24,33,36H,4,7-8,15-16,25-27H2,1-2H3,(H,40,44)/t36-/m0/s1. The van der Waals surface area contributed by atoms with Gasteiger partial charge in [0.15, 0.2) is 0 Å². The van der Waals surface area contributed by atoms with Gasteiger partial charge < -0.3 is 10.2 Å². The zero-order chi connectivity index (χ0) is 33.4. The van der Waals surface area contributed by atoms with Gasteiger partial charge in [0.2, 0.25) is 11.8 Å². The maximum Gasteiger partial charge on any atom is 0.264 e. The minimum Gasteiger partial charge on any atom is -0.352 e. The molecule has 0 unspecified atom stereocenters. The van der Waals surface area contributed by atoms with Gasteiger partial charge in [-0.25, -0.2) is 12.8 Å². The number of hydrogen-bond donors (Lipinski definition) is 1. The molecule has 246 valence electrons. The number of carbonyl (C=O) groups is 2. The maximum atomic E-state index is 14.6. The highest BCUT2D eigenvalue weighted by molar-refractivity contribution is 7.92. The van der Waals surface area contributed by atoms with E-state index in [2.05, 4.69) is 5.32 Å². The lowest BCUT2D eigenvalue weighted by atomic mass is 9.94. The number of hydrogen-bond acceptors (Lipinski definition) is 4.